The van der Waals surface area contributed by atoms with E-state index in [-0.39, 0.29) is 12.4 Å². The van der Waals surface area contributed by atoms with Crippen molar-refractivity contribution in [3.63, 3.8) is 0 Å². The summed E-state index contributed by atoms with van der Waals surface area (Å²) in [6, 6.07) is 0.394. The van der Waals surface area contributed by atoms with Crippen LogP contribution in [0, 0.1) is 5.41 Å². The van der Waals surface area contributed by atoms with Gasteiger partial charge in [0.2, 0.25) is 0 Å². The molecular formula is C10H17ClN4. The van der Waals surface area contributed by atoms with E-state index in [1.165, 1.54) is 0 Å². The molecule has 0 aromatic carbocycles. The van der Waals surface area contributed by atoms with E-state index in [0.717, 1.165) is 31.8 Å². The lowest BCUT2D eigenvalue weighted by Crippen LogP contribution is -2.35. The summed E-state index contributed by atoms with van der Waals surface area (Å²) in [5.41, 5.74) is 0.603. The standard InChI is InChI=1S/C10H16N4.ClH/c11-9-2-1-5-13-10(9)14-8-3-6-12-7-4-8;/h1,5,8,11-12H,2-4,6-7H2,(H,13,14);1H. The number of piperidine rings is 1. The number of hydrogen-bond donors (Lipinski definition) is 3. The maximum absolute atomic E-state index is 7.70. The Hall–Kier alpha value is -0.870. The predicted molar refractivity (Wildman–Crippen MR) is 65.2 cm³/mol. The normalized spacial score (nSPS) is 24.8. The highest BCUT2D eigenvalue weighted by atomic mass is 35.5. The summed E-state index contributed by atoms with van der Waals surface area (Å²) in [6.07, 6.45) is 6.70. The van der Waals surface area contributed by atoms with E-state index in [2.05, 4.69) is 15.6 Å². The first-order valence-corrected chi connectivity index (χ1v) is 5.14. The van der Waals surface area contributed by atoms with E-state index in [0.29, 0.717) is 18.2 Å². The van der Waals surface area contributed by atoms with Gasteiger partial charge in [-0.3, -0.25) is 4.99 Å². The van der Waals surface area contributed by atoms with Gasteiger partial charge >= 0.3 is 0 Å². The van der Waals surface area contributed by atoms with E-state index in [1.807, 2.05) is 12.3 Å². The fourth-order valence-corrected chi connectivity index (χ4v) is 1.73. The molecule has 0 aromatic rings. The number of halogens is 1. The largest absolute Gasteiger partial charge is 0.346 e. The molecule has 0 atom stereocenters. The highest BCUT2D eigenvalue weighted by Crippen LogP contribution is 2.08. The van der Waals surface area contributed by atoms with E-state index in [9.17, 15) is 0 Å². The molecular weight excluding hydrogens is 212 g/mol. The molecule has 0 amide bonds. The summed E-state index contributed by atoms with van der Waals surface area (Å²) in [6.45, 7) is 2.09. The van der Waals surface area contributed by atoms with Crippen molar-refractivity contribution in [1.82, 2.24) is 10.6 Å². The smallest absolute Gasteiger partial charge is 0.146 e. The molecule has 0 aromatic heterocycles. The van der Waals surface area contributed by atoms with Crippen LogP contribution in [0.3, 0.4) is 0 Å². The fraction of sp³-hybridized carbons (Fsp3) is 0.600. The molecule has 84 valence electrons. The van der Waals surface area contributed by atoms with Crippen molar-refractivity contribution < 1.29 is 0 Å². The molecule has 0 radical (unpaired) electrons. The topological polar surface area (TPSA) is 60.3 Å². The maximum Gasteiger partial charge on any atom is 0.146 e. The third-order valence-corrected chi connectivity index (χ3v) is 2.57. The molecule has 1 fully saturated rings. The number of allylic oxidation sites excluding steroid dienone is 1. The Morgan fingerprint density at radius 3 is 2.73 bits per heavy atom. The summed E-state index contributed by atoms with van der Waals surface area (Å²) in [4.78, 5) is 4.57. The summed E-state index contributed by atoms with van der Waals surface area (Å²) in [5.74, 6) is 0.763. The average molecular weight is 229 g/mol. The SMILES string of the molecule is Cl.N=C1CC=CNC1=NC1CCNCC1. The van der Waals surface area contributed by atoms with Crippen molar-refractivity contribution in [2.24, 2.45) is 4.99 Å². The molecule has 1 saturated heterocycles. The van der Waals surface area contributed by atoms with Gasteiger partial charge in [0, 0.05) is 6.42 Å². The monoisotopic (exact) mass is 228 g/mol. The molecule has 0 unspecified atom stereocenters. The molecule has 0 saturated carbocycles. The van der Waals surface area contributed by atoms with Crippen LogP contribution in [0.5, 0.6) is 0 Å². The Morgan fingerprint density at radius 2 is 2.07 bits per heavy atom. The van der Waals surface area contributed by atoms with Gasteiger partial charge in [0.25, 0.3) is 0 Å². The Balaban J connectivity index is 0.00000112. The van der Waals surface area contributed by atoms with Gasteiger partial charge in [-0.25, -0.2) is 0 Å². The molecule has 15 heavy (non-hydrogen) atoms. The zero-order valence-electron chi connectivity index (χ0n) is 8.62. The van der Waals surface area contributed by atoms with Gasteiger partial charge < -0.3 is 16.0 Å². The van der Waals surface area contributed by atoms with E-state index in [1.54, 1.807) is 0 Å². The van der Waals surface area contributed by atoms with Crippen molar-refractivity contribution in [2.45, 2.75) is 25.3 Å². The van der Waals surface area contributed by atoms with Crippen LogP contribution in [0.25, 0.3) is 0 Å². The van der Waals surface area contributed by atoms with Crippen molar-refractivity contribution in [2.75, 3.05) is 13.1 Å². The lowest BCUT2D eigenvalue weighted by atomic mass is 10.1. The number of rotatable bonds is 1. The van der Waals surface area contributed by atoms with Gasteiger partial charge in [0.05, 0.1) is 11.8 Å². The predicted octanol–water partition coefficient (Wildman–Crippen LogP) is 1.09. The van der Waals surface area contributed by atoms with Gasteiger partial charge in [-0.15, -0.1) is 12.4 Å². The highest BCUT2D eigenvalue weighted by Gasteiger charge is 2.15. The number of nitrogens with zero attached hydrogens (tertiary/aromatic N) is 1. The molecule has 2 heterocycles. The first kappa shape index (κ1) is 12.2. The minimum Gasteiger partial charge on any atom is -0.346 e. The Bertz CT molecular complexity index is 279. The Labute approximate surface area is 96.2 Å². The van der Waals surface area contributed by atoms with E-state index < -0.39 is 0 Å². The van der Waals surface area contributed by atoms with Crippen LogP contribution in [0.2, 0.25) is 0 Å². The minimum atomic E-state index is 0. The third-order valence-electron chi connectivity index (χ3n) is 2.57. The van der Waals surface area contributed by atoms with E-state index in [4.69, 9.17) is 5.41 Å². The molecule has 2 aliphatic rings. The number of hydrogen-bond acceptors (Lipinski definition) is 3. The molecule has 2 rings (SSSR count). The zero-order valence-corrected chi connectivity index (χ0v) is 9.44. The molecule has 5 heteroatoms. The summed E-state index contributed by atoms with van der Waals surface area (Å²) in [5, 5.41) is 14.1. The van der Waals surface area contributed by atoms with Gasteiger partial charge in [0.1, 0.15) is 5.84 Å². The third kappa shape index (κ3) is 3.32. The minimum absolute atomic E-state index is 0. The van der Waals surface area contributed by atoms with Crippen molar-refractivity contribution >= 4 is 24.0 Å². The van der Waals surface area contributed by atoms with Crippen molar-refractivity contribution in [3.05, 3.63) is 12.3 Å². The Morgan fingerprint density at radius 1 is 1.33 bits per heavy atom. The van der Waals surface area contributed by atoms with Crippen molar-refractivity contribution in [3.8, 4) is 0 Å². The van der Waals surface area contributed by atoms with Crippen LogP contribution in [0.4, 0.5) is 0 Å². The molecule has 0 bridgehead atoms. The van der Waals surface area contributed by atoms with Crippen molar-refractivity contribution in [1.29, 1.82) is 5.41 Å². The molecule has 4 nitrogen and oxygen atoms in total. The lowest BCUT2D eigenvalue weighted by molar-refractivity contribution is 0.459. The molecule has 0 spiro atoms. The number of aliphatic imine (C=N–C) groups is 1. The fourth-order valence-electron chi connectivity index (χ4n) is 1.73. The van der Waals surface area contributed by atoms with E-state index >= 15 is 0 Å². The maximum atomic E-state index is 7.70. The first-order chi connectivity index (χ1) is 6.86. The second kappa shape index (κ2) is 5.88. The lowest BCUT2D eigenvalue weighted by Gasteiger charge is -2.21. The summed E-state index contributed by atoms with van der Waals surface area (Å²) < 4.78 is 0. The second-order valence-corrected chi connectivity index (χ2v) is 3.69. The second-order valence-electron chi connectivity index (χ2n) is 3.69. The highest BCUT2D eigenvalue weighted by molar-refractivity contribution is 6.41. The molecule has 0 aliphatic carbocycles. The molecule has 3 N–H and O–H groups in total. The quantitative estimate of drug-likeness (QED) is 0.629. The van der Waals surface area contributed by atoms with Gasteiger partial charge in [-0.05, 0) is 32.1 Å². The summed E-state index contributed by atoms with van der Waals surface area (Å²) >= 11 is 0. The van der Waals surface area contributed by atoms with Gasteiger partial charge in [-0.2, -0.15) is 0 Å². The van der Waals surface area contributed by atoms with Crippen LogP contribution < -0.4 is 10.6 Å². The van der Waals surface area contributed by atoms with Gasteiger partial charge in [-0.1, -0.05) is 6.08 Å². The van der Waals surface area contributed by atoms with Crippen LogP contribution in [-0.4, -0.2) is 30.7 Å². The van der Waals surface area contributed by atoms with Crippen LogP contribution >= 0.6 is 12.4 Å². The molecule has 2 aliphatic heterocycles. The van der Waals surface area contributed by atoms with Crippen LogP contribution in [-0.2, 0) is 0 Å². The Kier molecular flexibility index (Phi) is 4.78. The average Bonchev–Trinajstić information content (AvgIpc) is 2.23. The summed E-state index contributed by atoms with van der Waals surface area (Å²) in [7, 11) is 0. The first-order valence-electron chi connectivity index (χ1n) is 5.14. The van der Waals surface area contributed by atoms with Crippen LogP contribution in [0.1, 0.15) is 19.3 Å². The van der Waals surface area contributed by atoms with Gasteiger partial charge in [0.15, 0.2) is 0 Å². The number of nitrogens with one attached hydrogen (secondary N) is 3. The number of amidine groups is 1. The van der Waals surface area contributed by atoms with Crippen LogP contribution in [0.15, 0.2) is 17.3 Å². The zero-order chi connectivity index (χ0) is 9.80.